The van der Waals surface area contributed by atoms with E-state index in [1.165, 1.54) is 12.5 Å². The summed E-state index contributed by atoms with van der Waals surface area (Å²) in [5.41, 5.74) is 1.66. The normalized spacial score (nSPS) is 16.0. The highest BCUT2D eigenvalue weighted by Gasteiger charge is 2.33. The molecule has 21 heavy (non-hydrogen) atoms. The van der Waals surface area contributed by atoms with Gasteiger partial charge >= 0.3 is 0 Å². The maximum absolute atomic E-state index is 10.9. The first kappa shape index (κ1) is 13.4. The van der Waals surface area contributed by atoms with Crippen LogP contribution < -0.4 is 0 Å². The first-order valence-corrected chi connectivity index (χ1v) is 6.95. The molecule has 1 heterocycles. The number of aromatic nitrogens is 3. The number of benzene rings is 1. The fraction of sp³-hybridized carbons (Fsp3) is 0.400. The van der Waals surface area contributed by atoms with Gasteiger partial charge in [-0.1, -0.05) is 6.42 Å². The van der Waals surface area contributed by atoms with Crippen LogP contribution in [0.3, 0.4) is 0 Å². The van der Waals surface area contributed by atoms with E-state index in [-0.39, 0.29) is 11.6 Å². The van der Waals surface area contributed by atoms with E-state index in [1.54, 1.807) is 12.4 Å². The van der Waals surface area contributed by atoms with E-state index in [1.807, 2.05) is 17.7 Å². The van der Waals surface area contributed by atoms with Gasteiger partial charge in [0.15, 0.2) is 0 Å². The van der Waals surface area contributed by atoms with Gasteiger partial charge in [-0.2, -0.15) is 5.26 Å². The first-order valence-electron chi connectivity index (χ1n) is 6.95. The van der Waals surface area contributed by atoms with Crippen LogP contribution in [0.2, 0.25) is 0 Å². The molecule has 3 rings (SSSR count). The topological polar surface area (TPSA) is 83.9 Å². The number of nitrogens with zero attached hydrogens (tertiary/aromatic N) is 5. The Kier molecular flexibility index (Phi) is 3.48. The summed E-state index contributed by atoms with van der Waals surface area (Å²) >= 11 is 0. The van der Waals surface area contributed by atoms with E-state index >= 15 is 0 Å². The first-order chi connectivity index (χ1) is 10.2. The lowest BCUT2D eigenvalue weighted by molar-refractivity contribution is 0.274. The lowest BCUT2D eigenvalue weighted by Crippen LogP contribution is -2.24. The van der Waals surface area contributed by atoms with E-state index < -0.39 is 0 Å². The minimum absolute atomic E-state index is 0.0556. The average molecular weight is 281 g/mol. The van der Waals surface area contributed by atoms with Crippen molar-refractivity contribution in [3.8, 4) is 6.07 Å². The largest absolute Gasteiger partial charge is 0.320 e. The monoisotopic (exact) mass is 281 g/mol. The van der Waals surface area contributed by atoms with Gasteiger partial charge in [-0.05, 0) is 47.7 Å². The molecular formula is C15H15N5O. The molecule has 1 atom stereocenters. The van der Waals surface area contributed by atoms with E-state index in [0.29, 0.717) is 11.5 Å². The van der Waals surface area contributed by atoms with E-state index in [0.717, 1.165) is 24.2 Å². The van der Waals surface area contributed by atoms with E-state index in [2.05, 4.69) is 21.4 Å². The molecular weight excluding hydrogens is 266 g/mol. The Hall–Kier alpha value is -2.55. The van der Waals surface area contributed by atoms with Gasteiger partial charge in [-0.15, -0.1) is 15.1 Å². The van der Waals surface area contributed by atoms with Crippen molar-refractivity contribution >= 4 is 5.69 Å². The summed E-state index contributed by atoms with van der Waals surface area (Å²) in [6.07, 6.45) is 5.13. The summed E-state index contributed by atoms with van der Waals surface area (Å²) in [5, 5.41) is 20.3. The van der Waals surface area contributed by atoms with Gasteiger partial charge in [0.25, 0.3) is 0 Å². The number of rotatable bonds is 4. The van der Waals surface area contributed by atoms with Crippen LogP contribution in [0.5, 0.6) is 0 Å². The Bertz CT molecular complexity index is 711. The second-order valence-electron chi connectivity index (χ2n) is 5.49. The van der Waals surface area contributed by atoms with Gasteiger partial charge < -0.3 is 4.57 Å². The van der Waals surface area contributed by atoms with Crippen LogP contribution in [0.1, 0.15) is 42.1 Å². The van der Waals surface area contributed by atoms with Crippen LogP contribution in [0.25, 0.3) is 0 Å². The average Bonchev–Trinajstić information content (AvgIpc) is 2.87. The molecule has 0 radical (unpaired) electrons. The van der Waals surface area contributed by atoms with Gasteiger partial charge in [0.05, 0.1) is 11.6 Å². The molecule has 1 aliphatic carbocycles. The SMILES string of the molecule is Cn1cnnc1C(c1cc(C#N)cc(N=O)c1)C1CCC1. The van der Waals surface area contributed by atoms with Gasteiger partial charge in [0, 0.05) is 13.0 Å². The summed E-state index contributed by atoms with van der Waals surface area (Å²) in [4.78, 5) is 10.9. The lowest BCUT2D eigenvalue weighted by atomic mass is 9.72. The zero-order valence-corrected chi connectivity index (χ0v) is 11.7. The second kappa shape index (κ2) is 5.44. The Morgan fingerprint density at radius 3 is 2.76 bits per heavy atom. The molecule has 0 bridgehead atoms. The number of nitroso groups, excluding NO2 is 1. The summed E-state index contributed by atoms with van der Waals surface area (Å²) < 4.78 is 1.90. The van der Waals surface area contributed by atoms with Crippen LogP contribution in [0, 0.1) is 22.2 Å². The van der Waals surface area contributed by atoms with Crippen LogP contribution in [0.15, 0.2) is 29.7 Å². The molecule has 0 N–H and O–H groups in total. The zero-order chi connectivity index (χ0) is 14.8. The van der Waals surface area contributed by atoms with Crippen molar-refractivity contribution in [3.05, 3.63) is 46.4 Å². The summed E-state index contributed by atoms with van der Waals surface area (Å²) in [5.74, 6) is 1.40. The van der Waals surface area contributed by atoms with Gasteiger partial charge in [-0.25, -0.2) is 0 Å². The Morgan fingerprint density at radius 1 is 1.43 bits per heavy atom. The molecule has 6 heteroatoms. The minimum Gasteiger partial charge on any atom is -0.320 e. The van der Waals surface area contributed by atoms with Crippen LogP contribution in [-0.2, 0) is 7.05 Å². The third-order valence-electron chi connectivity index (χ3n) is 4.18. The van der Waals surface area contributed by atoms with Crippen molar-refractivity contribution in [2.24, 2.45) is 18.1 Å². The molecule has 0 amide bonds. The molecule has 6 nitrogen and oxygen atoms in total. The van der Waals surface area contributed by atoms with Crippen molar-refractivity contribution in [2.45, 2.75) is 25.2 Å². The van der Waals surface area contributed by atoms with E-state index in [4.69, 9.17) is 5.26 Å². The fourth-order valence-electron chi connectivity index (χ4n) is 2.91. The van der Waals surface area contributed by atoms with Crippen LogP contribution in [0.4, 0.5) is 5.69 Å². The van der Waals surface area contributed by atoms with Crippen LogP contribution >= 0.6 is 0 Å². The third-order valence-corrected chi connectivity index (χ3v) is 4.18. The predicted octanol–water partition coefficient (Wildman–Crippen LogP) is 3.02. The second-order valence-corrected chi connectivity index (χ2v) is 5.49. The van der Waals surface area contributed by atoms with Crippen molar-refractivity contribution in [3.63, 3.8) is 0 Å². The molecule has 0 saturated heterocycles. The number of aryl methyl sites for hydroxylation is 1. The number of nitriles is 1. The fourth-order valence-corrected chi connectivity index (χ4v) is 2.91. The smallest absolute Gasteiger partial charge is 0.140 e. The highest BCUT2D eigenvalue weighted by Crippen LogP contribution is 2.43. The lowest BCUT2D eigenvalue weighted by Gasteiger charge is -2.33. The van der Waals surface area contributed by atoms with Crippen molar-refractivity contribution in [1.82, 2.24) is 14.8 Å². The number of hydrogen-bond acceptors (Lipinski definition) is 5. The molecule has 1 saturated carbocycles. The molecule has 1 fully saturated rings. The van der Waals surface area contributed by atoms with Gasteiger partial charge in [0.2, 0.25) is 0 Å². The van der Waals surface area contributed by atoms with Crippen LogP contribution in [-0.4, -0.2) is 14.8 Å². The standard InChI is InChI=1S/C15H15N5O/c1-20-9-17-18-15(20)14(11-3-2-4-11)12-5-10(8-16)6-13(7-12)19-21/h5-7,9,11,14H,2-4H2,1H3. The molecule has 1 aromatic heterocycles. The molecule has 1 aromatic carbocycles. The molecule has 1 unspecified atom stereocenters. The van der Waals surface area contributed by atoms with E-state index in [9.17, 15) is 4.91 Å². The third kappa shape index (κ3) is 2.42. The molecule has 1 aliphatic rings. The maximum atomic E-state index is 10.9. The van der Waals surface area contributed by atoms with Crippen molar-refractivity contribution in [1.29, 1.82) is 5.26 Å². The molecule has 2 aromatic rings. The van der Waals surface area contributed by atoms with Gasteiger partial charge in [-0.3, -0.25) is 0 Å². The Labute approximate surface area is 122 Å². The summed E-state index contributed by atoms with van der Waals surface area (Å²) in [7, 11) is 1.91. The zero-order valence-electron chi connectivity index (χ0n) is 11.7. The predicted molar refractivity (Wildman–Crippen MR) is 76.8 cm³/mol. The summed E-state index contributed by atoms with van der Waals surface area (Å²) in [6, 6.07) is 7.18. The molecule has 106 valence electrons. The maximum Gasteiger partial charge on any atom is 0.140 e. The Balaban J connectivity index is 2.10. The molecule has 0 aliphatic heterocycles. The summed E-state index contributed by atoms with van der Waals surface area (Å²) in [6.45, 7) is 0. The van der Waals surface area contributed by atoms with Crippen molar-refractivity contribution < 1.29 is 0 Å². The van der Waals surface area contributed by atoms with Gasteiger partial charge in [0.1, 0.15) is 17.8 Å². The highest BCUT2D eigenvalue weighted by molar-refractivity contribution is 5.50. The number of hydrogen-bond donors (Lipinski definition) is 0. The quantitative estimate of drug-likeness (QED) is 0.806. The molecule has 0 spiro atoms. The van der Waals surface area contributed by atoms with Crippen molar-refractivity contribution in [2.75, 3.05) is 0 Å². The Morgan fingerprint density at radius 2 is 2.24 bits per heavy atom. The highest BCUT2D eigenvalue weighted by atomic mass is 16.3. The minimum atomic E-state index is 0.0556.